The smallest absolute Gasteiger partial charge is 0.0549 e. The van der Waals surface area contributed by atoms with Crippen LogP contribution in [0.25, 0.3) is 0 Å². The Bertz CT molecular complexity index is 166. The van der Waals surface area contributed by atoms with Gasteiger partial charge in [0.25, 0.3) is 0 Å². The topological polar surface area (TPSA) is 32.3 Å². The van der Waals surface area contributed by atoms with Crippen LogP contribution >= 0.6 is 0 Å². The van der Waals surface area contributed by atoms with E-state index in [1.807, 2.05) is 6.92 Å². The Morgan fingerprint density at radius 1 is 1.12 bits per heavy atom. The fraction of sp³-hybridized carbons (Fsp3) is 1.00. The van der Waals surface area contributed by atoms with Gasteiger partial charge in [-0.3, -0.25) is 0 Å². The summed E-state index contributed by atoms with van der Waals surface area (Å²) in [6, 6.07) is 0.685. The van der Waals surface area contributed by atoms with Crippen molar-refractivity contribution in [1.82, 2.24) is 5.32 Å². The van der Waals surface area contributed by atoms with Crippen LogP contribution in [0.4, 0.5) is 0 Å². The van der Waals surface area contributed by atoms with Crippen LogP contribution in [-0.4, -0.2) is 23.8 Å². The molecule has 0 aliphatic heterocycles. The van der Waals surface area contributed by atoms with Crippen LogP contribution in [0.5, 0.6) is 0 Å². The largest absolute Gasteiger partial charge is 0.393 e. The summed E-state index contributed by atoms with van der Waals surface area (Å²) in [5.74, 6) is 0.887. The molecule has 1 aliphatic rings. The molecule has 1 saturated carbocycles. The van der Waals surface area contributed by atoms with Gasteiger partial charge in [-0.2, -0.15) is 0 Å². The van der Waals surface area contributed by atoms with E-state index in [0.29, 0.717) is 6.04 Å². The molecular weight excluding hydrogens is 198 g/mol. The molecule has 16 heavy (non-hydrogen) atoms. The van der Waals surface area contributed by atoms with Gasteiger partial charge in [0, 0.05) is 6.04 Å². The summed E-state index contributed by atoms with van der Waals surface area (Å²) in [7, 11) is 0. The molecule has 0 amide bonds. The molecule has 0 saturated heterocycles. The van der Waals surface area contributed by atoms with Crippen molar-refractivity contribution >= 4 is 0 Å². The van der Waals surface area contributed by atoms with Gasteiger partial charge in [0.15, 0.2) is 0 Å². The van der Waals surface area contributed by atoms with E-state index in [9.17, 15) is 5.11 Å². The zero-order valence-corrected chi connectivity index (χ0v) is 11.0. The van der Waals surface area contributed by atoms with Crippen molar-refractivity contribution in [2.75, 3.05) is 6.54 Å². The summed E-state index contributed by atoms with van der Waals surface area (Å²) < 4.78 is 0. The highest BCUT2D eigenvalue weighted by molar-refractivity contribution is 4.78. The molecule has 0 spiro atoms. The van der Waals surface area contributed by atoms with Crippen molar-refractivity contribution in [2.45, 2.75) is 77.4 Å². The lowest BCUT2D eigenvalue weighted by Gasteiger charge is -2.30. The Morgan fingerprint density at radius 2 is 1.81 bits per heavy atom. The molecule has 0 heterocycles. The van der Waals surface area contributed by atoms with Crippen LogP contribution in [0.15, 0.2) is 0 Å². The molecular formula is C14H29NO. The van der Waals surface area contributed by atoms with Gasteiger partial charge >= 0.3 is 0 Å². The Morgan fingerprint density at radius 3 is 2.38 bits per heavy atom. The third-order valence-corrected chi connectivity index (χ3v) is 4.01. The number of hydrogen-bond donors (Lipinski definition) is 2. The first-order valence-electron chi connectivity index (χ1n) is 7.19. The molecule has 2 N–H and O–H groups in total. The van der Waals surface area contributed by atoms with E-state index in [4.69, 9.17) is 0 Å². The van der Waals surface area contributed by atoms with E-state index in [2.05, 4.69) is 12.2 Å². The quantitative estimate of drug-likeness (QED) is 0.700. The van der Waals surface area contributed by atoms with Crippen LogP contribution in [0.2, 0.25) is 0 Å². The summed E-state index contributed by atoms with van der Waals surface area (Å²) in [6.07, 6.45) is 9.97. The summed E-state index contributed by atoms with van der Waals surface area (Å²) in [5, 5.41) is 13.2. The predicted molar refractivity (Wildman–Crippen MR) is 69.6 cm³/mol. The Labute approximate surface area is 101 Å². The molecule has 1 fully saturated rings. The van der Waals surface area contributed by atoms with Crippen molar-refractivity contribution in [1.29, 1.82) is 0 Å². The van der Waals surface area contributed by atoms with E-state index in [-0.39, 0.29) is 6.10 Å². The van der Waals surface area contributed by atoms with Gasteiger partial charge in [-0.1, -0.05) is 33.1 Å². The van der Waals surface area contributed by atoms with Crippen LogP contribution in [0, 0.1) is 5.92 Å². The molecule has 0 aromatic heterocycles. The third-order valence-electron chi connectivity index (χ3n) is 4.01. The Kier molecular flexibility index (Phi) is 7.06. The third kappa shape index (κ3) is 4.84. The highest BCUT2D eigenvalue weighted by Crippen LogP contribution is 2.27. The molecule has 1 rings (SSSR count). The minimum Gasteiger partial charge on any atom is -0.393 e. The summed E-state index contributed by atoms with van der Waals surface area (Å²) in [4.78, 5) is 0. The summed E-state index contributed by atoms with van der Waals surface area (Å²) in [5.41, 5.74) is 0. The van der Waals surface area contributed by atoms with Gasteiger partial charge < -0.3 is 10.4 Å². The fourth-order valence-corrected chi connectivity index (χ4v) is 2.82. The lowest BCUT2D eigenvalue weighted by Crippen LogP contribution is -2.38. The van der Waals surface area contributed by atoms with E-state index in [1.165, 1.54) is 38.5 Å². The lowest BCUT2D eigenvalue weighted by molar-refractivity contribution is 0.155. The van der Waals surface area contributed by atoms with Crippen molar-refractivity contribution in [2.24, 2.45) is 5.92 Å². The molecule has 2 unspecified atom stereocenters. The second-order valence-electron chi connectivity index (χ2n) is 5.22. The molecule has 0 aromatic carbocycles. The van der Waals surface area contributed by atoms with Crippen LogP contribution in [0.3, 0.4) is 0 Å². The van der Waals surface area contributed by atoms with E-state index in [1.54, 1.807) is 0 Å². The molecule has 2 atom stereocenters. The fourth-order valence-electron chi connectivity index (χ4n) is 2.82. The molecule has 0 radical (unpaired) electrons. The average Bonchev–Trinajstić information content (AvgIpc) is 2.35. The van der Waals surface area contributed by atoms with Crippen molar-refractivity contribution in [3.05, 3.63) is 0 Å². The first-order valence-corrected chi connectivity index (χ1v) is 7.19. The number of hydrogen-bond acceptors (Lipinski definition) is 2. The normalized spacial score (nSPS) is 21.9. The highest BCUT2D eigenvalue weighted by atomic mass is 16.3. The van der Waals surface area contributed by atoms with Crippen molar-refractivity contribution < 1.29 is 5.11 Å². The zero-order valence-electron chi connectivity index (χ0n) is 11.0. The maximum absolute atomic E-state index is 9.51. The van der Waals surface area contributed by atoms with Crippen LogP contribution in [0.1, 0.15) is 65.2 Å². The van der Waals surface area contributed by atoms with E-state index < -0.39 is 0 Å². The average molecular weight is 227 g/mol. The van der Waals surface area contributed by atoms with Gasteiger partial charge in [-0.25, -0.2) is 0 Å². The van der Waals surface area contributed by atoms with Gasteiger partial charge in [0.2, 0.25) is 0 Å². The van der Waals surface area contributed by atoms with Gasteiger partial charge in [0.05, 0.1) is 6.10 Å². The minimum absolute atomic E-state index is 0.114. The van der Waals surface area contributed by atoms with Gasteiger partial charge in [0.1, 0.15) is 0 Å². The predicted octanol–water partition coefficient (Wildman–Crippen LogP) is 3.10. The van der Waals surface area contributed by atoms with Crippen molar-refractivity contribution in [3.63, 3.8) is 0 Å². The van der Waals surface area contributed by atoms with Gasteiger partial charge in [-0.15, -0.1) is 0 Å². The lowest BCUT2D eigenvalue weighted by atomic mass is 9.83. The first-order chi connectivity index (χ1) is 7.77. The molecule has 1 aliphatic carbocycles. The van der Waals surface area contributed by atoms with Crippen molar-refractivity contribution in [3.8, 4) is 0 Å². The Balaban J connectivity index is 2.19. The molecule has 96 valence electrons. The monoisotopic (exact) mass is 227 g/mol. The van der Waals surface area contributed by atoms with E-state index >= 15 is 0 Å². The standard InChI is InChI=1S/C14H29NO/c1-3-13(16)10-11-15-14(4-2)12-8-6-5-7-9-12/h12-16H,3-11H2,1-2H3. The summed E-state index contributed by atoms with van der Waals surface area (Å²) in [6.45, 7) is 5.30. The first kappa shape index (κ1) is 14.0. The van der Waals surface area contributed by atoms with Crippen LogP contribution < -0.4 is 5.32 Å². The molecule has 0 bridgehead atoms. The SMILES string of the molecule is CCC(O)CCNC(CC)C1CCCCC1. The maximum Gasteiger partial charge on any atom is 0.0549 e. The molecule has 2 heteroatoms. The number of aliphatic hydroxyl groups excluding tert-OH is 1. The number of aliphatic hydroxyl groups is 1. The van der Waals surface area contributed by atoms with E-state index in [0.717, 1.165) is 25.3 Å². The zero-order chi connectivity index (χ0) is 11.8. The van der Waals surface area contributed by atoms with Gasteiger partial charge in [-0.05, 0) is 44.6 Å². The highest BCUT2D eigenvalue weighted by Gasteiger charge is 2.21. The second kappa shape index (κ2) is 8.08. The van der Waals surface area contributed by atoms with Crippen LogP contribution in [-0.2, 0) is 0 Å². The maximum atomic E-state index is 9.51. The number of nitrogens with one attached hydrogen (secondary N) is 1. The molecule has 2 nitrogen and oxygen atoms in total. The molecule has 0 aromatic rings. The summed E-state index contributed by atoms with van der Waals surface area (Å²) >= 11 is 0. The minimum atomic E-state index is -0.114. The Hall–Kier alpha value is -0.0800. The second-order valence-corrected chi connectivity index (χ2v) is 5.22. The number of rotatable bonds is 7.